The molecule has 1 aliphatic heterocycles. The first-order valence-electron chi connectivity index (χ1n) is 8.88. The molecule has 0 radical (unpaired) electrons. The van der Waals surface area contributed by atoms with Gasteiger partial charge in [0.1, 0.15) is 0 Å². The van der Waals surface area contributed by atoms with Gasteiger partial charge in [-0.05, 0) is 50.4 Å². The van der Waals surface area contributed by atoms with Crippen molar-refractivity contribution in [2.24, 2.45) is 0 Å². The molecule has 4 rings (SSSR count). The maximum Gasteiger partial charge on any atom is 0.495 e. The van der Waals surface area contributed by atoms with Crippen molar-refractivity contribution in [2.75, 3.05) is 0 Å². The normalized spacial score (nSPS) is 18.5. The molecule has 0 unspecified atom stereocenters. The Hall–Kier alpha value is -1.88. The molecule has 1 aliphatic rings. The van der Waals surface area contributed by atoms with Crippen LogP contribution in [0, 0.1) is 0 Å². The van der Waals surface area contributed by atoms with E-state index >= 15 is 0 Å². The maximum absolute atomic E-state index is 6.33. The van der Waals surface area contributed by atoms with Crippen LogP contribution in [0.1, 0.15) is 38.8 Å². The van der Waals surface area contributed by atoms with Crippen LogP contribution in [0.4, 0.5) is 0 Å². The van der Waals surface area contributed by atoms with Gasteiger partial charge >= 0.3 is 7.12 Å². The first-order chi connectivity index (χ1) is 12.3. The topological polar surface area (TPSA) is 18.5 Å². The number of thiophene rings is 1. The Morgan fingerprint density at radius 1 is 0.923 bits per heavy atom. The molecule has 0 bridgehead atoms. The fourth-order valence-electron chi connectivity index (χ4n) is 3.52. The van der Waals surface area contributed by atoms with Gasteiger partial charge in [-0.15, -0.1) is 11.3 Å². The minimum absolute atomic E-state index is 0.379. The third kappa shape index (κ3) is 2.40. The molecule has 3 aromatic rings. The van der Waals surface area contributed by atoms with Gasteiger partial charge in [0.05, 0.1) is 11.2 Å². The molecular formula is C22H23BO2S. The summed E-state index contributed by atoms with van der Waals surface area (Å²) in [6.07, 6.45) is 3.81. The Labute approximate surface area is 159 Å². The largest absolute Gasteiger partial charge is 0.495 e. The molecule has 1 aromatic heterocycles. The third-order valence-electron chi connectivity index (χ3n) is 5.69. The molecule has 1 saturated heterocycles. The van der Waals surface area contributed by atoms with Crippen LogP contribution in [-0.4, -0.2) is 18.3 Å². The van der Waals surface area contributed by atoms with Crippen molar-refractivity contribution in [2.45, 2.75) is 38.9 Å². The number of rotatable bonds is 3. The lowest BCUT2D eigenvalue weighted by Gasteiger charge is -2.32. The SMILES string of the molecule is C=Cc1c(B2OC(C)(C)C(C)(C)O2)cc2c(sc3ccccc32)c1C=C. The zero-order valence-electron chi connectivity index (χ0n) is 15.8. The number of fused-ring (bicyclic) bond motifs is 3. The second-order valence-electron chi connectivity index (χ2n) is 7.76. The molecule has 2 heterocycles. The van der Waals surface area contributed by atoms with E-state index < -0.39 is 7.12 Å². The highest BCUT2D eigenvalue weighted by Crippen LogP contribution is 2.40. The van der Waals surface area contributed by atoms with Gasteiger partial charge in [-0.25, -0.2) is 0 Å². The average molecular weight is 362 g/mol. The molecule has 26 heavy (non-hydrogen) atoms. The van der Waals surface area contributed by atoms with Gasteiger partial charge in [0, 0.05) is 20.2 Å². The van der Waals surface area contributed by atoms with E-state index in [4.69, 9.17) is 9.31 Å². The number of hydrogen-bond donors (Lipinski definition) is 0. The average Bonchev–Trinajstić information content (AvgIpc) is 3.06. The quantitative estimate of drug-likeness (QED) is 0.562. The van der Waals surface area contributed by atoms with Crippen LogP contribution in [0.2, 0.25) is 0 Å². The summed E-state index contributed by atoms with van der Waals surface area (Å²) in [5, 5.41) is 2.47. The molecule has 2 nitrogen and oxygen atoms in total. The molecule has 0 saturated carbocycles. The van der Waals surface area contributed by atoms with Crippen molar-refractivity contribution in [3.8, 4) is 0 Å². The van der Waals surface area contributed by atoms with Crippen molar-refractivity contribution in [3.05, 3.63) is 54.6 Å². The van der Waals surface area contributed by atoms with Gasteiger partial charge in [-0.1, -0.05) is 49.6 Å². The summed E-state index contributed by atoms with van der Waals surface area (Å²) in [4.78, 5) is 0. The van der Waals surface area contributed by atoms with Crippen LogP contribution in [0.5, 0.6) is 0 Å². The van der Waals surface area contributed by atoms with E-state index in [9.17, 15) is 0 Å². The summed E-state index contributed by atoms with van der Waals surface area (Å²) in [7, 11) is -0.422. The van der Waals surface area contributed by atoms with Gasteiger partial charge in [0.15, 0.2) is 0 Å². The number of hydrogen-bond acceptors (Lipinski definition) is 3. The van der Waals surface area contributed by atoms with E-state index in [2.05, 4.69) is 71.2 Å². The number of benzene rings is 2. The molecule has 2 aromatic carbocycles. The summed E-state index contributed by atoms with van der Waals surface area (Å²) >= 11 is 1.79. The third-order valence-corrected chi connectivity index (χ3v) is 6.91. The van der Waals surface area contributed by atoms with Crippen LogP contribution in [0.25, 0.3) is 32.3 Å². The summed E-state index contributed by atoms with van der Waals surface area (Å²) in [6.45, 7) is 16.4. The highest BCUT2D eigenvalue weighted by atomic mass is 32.1. The summed E-state index contributed by atoms with van der Waals surface area (Å²) in [6, 6.07) is 10.7. The minimum Gasteiger partial charge on any atom is -0.399 e. The zero-order valence-corrected chi connectivity index (χ0v) is 16.6. The van der Waals surface area contributed by atoms with Crippen LogP contribution < -0.4 is 5.46 Å². The van der Waals surface area contributed by atoms with Crippen LogP contribution in [0.15, 0.2) is 43.5 Å². The van der Waals surface area contributed by atoms with E-state index in [1.54, 1.807) is 11.3 Å². The highest BCUT2D eigenvalue weighted by molar-refractivity contribution is 7.26. The predicted molar refractivity (Wildman–Crippen MR) is 115 cm³/mol. The molecule has 0 atom stereocenters. The van der Waals surface area contributed by atoms with Crippen molar-refractivity contribution in [1.29, 1.82) is 0 Å². The van der Waals surface area contributed by atoms with Gasteiger partial charge in [-0.3, -0.25) is 0 Å². The lowest BCUT2D eigenvalue weighted by molar-refractivity contribution is 0.00578. The Morgan fingerprint density at radius 2 is 1.54 bits per heavy atom. The van der Waals surface area contributed by atoms with Crippen LogP contribution in [0.3, 0.4) is 0 Å². The first-order valence-corrected chi connectivity index (χ1v) is 9.69. The van der Waals surface area contributed by atoms with Crippen LogP contribution >= 0.6 is 11.3 Å². The minimum atomic E-state index is -0.422. The van der Waals surface area contributed by atoms with Gasteiger partial charge < -0.3 is 9.31 Å². The smallest absolute Gasteiger partial charge is 0.399 e. The predicted octanol–water partition coefficient (Wildman–Crippen LogP) is 5.64. The maximum atomic E-state index is 6.33. The van der Waals surface area contributed by atoms with E-state index in [0.29, 0.717) is 0 Å². The monoisotopic (exact) mass is 362 g/mol. The van der Waals surface area contributed by atoms with E-state index in [-0.39, 0.29) is 11.2 Å². The molecule has 0 spiro atoms. The molecule has 0 amide bonds. The highest BCUT2D eigenvalue weighted by Gasteiger charge is 2.52. The second-order valence-corrected chi connectivity index (χ2v) is 8.82. The fourth-order valence-corrected chi connectivity index (χ4v) is 4.75. The fraction of sp³-hybridized carbons (Fsp3) is 0.273. The van der Waals surface area contributed by atoms with E-state index in [0.717, 1.165) is 16.6 Å². The molecule has 1 fully saturated rings. The first kappa shape index (κ1) is 17.5. The van der Waals surface area contributed by atoms with Crippen molar-refractivity contribution < 1.29 is 9.31 Å². The lowest BCUT2D eigenvalue weighted by atomic mass is 9.74. The molecule has 4 heteroatoms. The Morgan fingerprint density at radius 3 is 2.15 bits per heavy atom. The Bertz CT molecular complexity index is 1030. The van der Waals surface area contributed by atoms with E-state index in [1.165, 1.54) is 20.2 Å². The van der Waals surface area contributed by atoms with Gasteiger partial charge in [0.2, 0.25) is 0 Å². The molecule has 0 N–H and O–H groups in total. The summed E-state index contributed by atoms with van der Waals surface area (Å²) < 4.78 is 15.2. The Balaban J connectivity index is 2.02. The second kappa shape index (κ2) is 5.81. The standard InChI is InChI=1S/C22H23BO2S/c1-7-14-15(8-2)20-17(16-11-9-10-12-19(16)26-20)13-18(14)23-24-21(3,4)22(5,6)25-23/h7-13H,1-2H2,3-6H3. The molecule has 132 valence electrons. The molecule has 0 aliphatic carbocycles. The zero-order chi connectivity index (χ0) is 18.7. The van der Waals surface area contributed by atoms with Gasteiger partial charge in [-0.2, -0.15) is 0 Å². The van der Waals surface area contributed by atoms with Gasteiger partial charge in [0.25, 0.3) is 0 Å². The van der Waals surface area contributed by atoms with Crippen molar-refractivity contribution in [3.63, 3.8) is 0 Å². The lowest BCUT2D eigenvalue weighted by Crippen LogP contribution is -2.41. The van der Waals surface area contributed by atoms with E-state index in [1.807, 2.05) is 12.2 Å². The molecular weight excluding hydrogens is 339 g/mol. The summed E-state index contributed by atoms with van der Waals surface area (Å²) in [5.74, 6) is 0. The van der Waals surface area contributed by atoms with Crippen molar-refractivity contribution >= 4 is 56.2 Å². The Kier molecular flexibility index (Phi) is 3.92. The summed E-state index contributed by atoms with van der Waals surface area (Å²) in [5.41, 5.74) is 2.40. The van der Waals surface area contributed by atoms with Crippen LogP contribution in [-0.2, 0) is 9.31 Å². The van der Waals surface area contributed by atoms with Crippen molar-refractivity contribution in [1.82, 2.24) is 0 Å².